The highest BCUT2D eigenvalue weighted by atomic mass is 35.5. The molecule has 0 bridgehead atoms. The first-order valence-electron chi connectivity index (χ1n) is 5.48. The minimum atomic E-state index is -0.0445. The summed E-state index contributed by atoms with van der Waals surface area (Å²) in [5, 5.41) is 0. The summed E-state index contributed by atoms with van der Waals surface area (Å²) in [5.41, 5.74) is 6.43. The third kappa shape index (κ3) is 2.76. The SMILES string of the molecule is CC1CN(C(=O)c2cc(Cl)sc2Cl)CCC1N. The summed E-state index contributed by atoms with van der Waals surface area (Å²) in [5.74, 6) is 0.275. The second-order valence-corrected chi connectivity index (χ2v) is 6.70. The minimum absolute atomic E-state index is 0.0445. The van der Waals surface area contributed by atoms with Crippen LogP contribution in [0.4, 0.5) is 0 Å². The van der Waals surface area contributed by atoms with E-state index in [1.807, 2.05) is 0 Å². The predicted octanol–water partition coefficient (Wildman–Crippen LogP) is 2.86. The first-order valence-corrected chi connectivity index (χ1v) is 7.06. The normalized spacial score (nSPS) is 25.1. The Morgan fingerprint density at radius 3 is 2.82 bits per heavy atom. The first kappa shape index (κ1) is 13.1. The quantitative estimate of drug-likeness (QED) is 0.865. The second-order valence-electron chi connectivity index (χ2n) is 4.42. The average molecular weight is 293 g/mol. The van der Waals surface area contributed by atoms with Crippen LogP contribution in [0, 0.1) is 5.92 Å². The van der Waals surface area contributed by atoms with Crippen LogP contribution in [0.1, 0.15) is 23.7 Å². The summed E-state index contributed by atoms with van der Waals surface area (Å²) in [6.07, 6.45) is 0.836. The lowest BCUT2D eigenvalue weighted by atomic mass is 9.94. The summed E-state index contributed by atoms with van der Waals surface area (Å²) in [6.45, 7) is 3.43. The van der Waals surface area contributed by atoms with Gasteiger partial charge in [0.2, 0.25) is 0 Å². The molecule has 94 valence electrons. The van der Waals surface area contributed by atoms with E-state index in [1.54, 1.807) is 11.0 Å². The van der Waals surface area contributed by atoms with Crippen molar-refractivity contribution >= 4 is 40.4 Å². The van der Waals surface area contributed by atoms with Crippen LogP contribution in [-0.4, -0.2) is 29.9 Å². The summed E-state index contributed by atoms with van der Waals surface area (Å²) >= 11 is 13.1. The molecule has 0 radical (unpaired) electrons. The molecule has 1 aromatic rings. The number of nitrogens with zero attached hydrogens (tertiary/aromatic N) is 1. The Bertz CT molecular complexity index is 435. The lowest BCUT2D eigenvalue weighted by Gasteiger charge is -2.35. The van der Waals surface area contributed by atoms with Crippen LogP contribution < -0.4 is 5.73 Å². The monoisotopic (exact) mass is 292 g/mol. The average Bonchev–Trinajstić information content (AvgIpc) is 2.61. The fraction of sp³-hybridized carbons (Fsp3) is 0.545. The van der Waals surface area contributed by atoms with Crippen molar-refractivity contribution in [3.63, 3.8) is 0 Å². The maximum Gasteiger partial charge on any atom is 0.256 e. The van der Waals surface area contributed by atoms with Crippen molar-refractivity contribution in [1.82, 2.24) is 4.90 Å². The van der Waals surface area contributed by atoms with Gasteiger partial charge in [0.05, 0.1) is 9.90 Å². The Hall–Kier alpha value is -0.290. The van der Waals surface area contributed by atoms with Crippen LogP contribution in [0.3, 0.4) is 0 Å². The van der Waals surface area contributed by atoms with E-state index in [1.165, 1.54) is 11.3 Å². The predicted molar refractivity (Wildman–Crippen MR) is 72.0 cm³/mol. The number of piperidine rings is 1. The van der Waals surface area contributed by atoms with Crippen molar-refractivity contribution in [3.05, 3.63) is 20.3 Å². The molecule has 1 saturated heterocycles. The molecule has 2 N–H and O–H groups in total. The number of nitrogens with two attached hydrogens (primary N) is 1. The number of carbonyl (C=O) groups is 1. The Balaban J connectivity index is 2.13. The zero-order valence-corrected chi connectivity index (χ0v) is 11.8. The zero-order valence-electron chi connectivity index (χ0n) is 9.45. The maximum absolute atomic E-state index is 12.2. The van der Waals surface area contributed by atoms with Crippen LogP contribution in [0.15, 0.2) is 6.07 Å². The van der Waals surface area contributed by atoms with E-state index in [0.29, 0.717) is 33.2 Å². The molecule has 0 saturated carbocycles. The molecule has 0 aromatic carbocycles. The summed E-state index contributed by atoms with van der Waals surface area (Å²) in [6, 6.07) is 1.82. The van der Waals surface area contributed by atoms with Crippen LogP contribution in [0.2, 0.25) is 8.67 Å². The highest BCUT2D eigenvalue weighted by molar-refractivity contribution is 7.20. The van der Waals surface area contributed by atoms with Crippen LogP contribution >= 0.6 is 34.5 Å². The van der Waals surface area contributed by atoms with Crippen LogP contribution in [-0.2, 0) is 0 Å². The molecule has 1 amide bonds. The molecule has 2 heterocycles. The van der Waals surface area contributed by atoms with Crippen molar-refractivity contribution in [2.75, 3.05) is 13.1 Å². The number of amides is 1. The zero-order chi connectivity index (χ0) is 12.6. The number of hydrogen-bond donors (Lipinski definition) is 1. The molecule has 0 aliphatic carbocycles. The van der Waals surface area contributed by atoms with Gasteiger partial charge in [-0.05, 0) is 18.4 Å². The van der Waals surface area contributed by atoms with Gasteiger partial charge in [0.15, 0.2) is 0 Å². The van der Waals surface area contributed by atoms with Gasteiger partial charge >= 0.3 is 0 Å². The van der Waals surface area contributed by atoms with Gasteiger partial charge in [0, 0.05) is 19.1 Å². The number of halogens is 2. The van der Waals surface area contributed by atoms with E-state index in [2.05, 4.69) is 6.92 Å². The lowest BCUT2D eigenvalue weighted by Crippen LogP contribution is -2.48. The molecule has 17 heavy (non-hydrogen) atoms. The fourth-order valence-corrected chi connectivity index (χ4v) is 3.45. The van der Waals surface area contributed by atoms with E-state index in [9.17, 15) is 4.79 Å². The molecule has 2 unspecified atom stereocenters. The van der Waals surface area contributed by atoms with Crippen LogP contribution in [0.25, 0.3) is 0 Å². The van der Waals surface area contributed by atoms with Gasteiger partial charge in [-0.25, -0.2) is 0 Å². The summed E-state index contributed by atoms with van der Waals surface area (Å²) < 4.78 is 1.00. The van der Waals surface area contributed by atoms with Crippen molar-refractivity contribution < 1.29 is 4.79 Å². The number of likely N-dealkylation sites (tertiary alicyclic amines) is 1. The highest BCUT2D eigenvalue weighted by Gasteiger charge is 2.28. The van der Waals surface area contributed by atoms with Gasteiger partial charge in [-0.3, -0.25) is 4.79 Å². The van der Waals surface area contributed by atoms with Crippen molar-refractivity contribution in [2.45, 2.75) is 19.4 Å². The number of rotatable bonds is 1. The maximum atomic E-state index is 12.2. The van der Waals surface area contributed by atoms with Gasteiger partial charge in [0.1, 0.15) is 4.34 Å². The fourth-order valence-electron chi connectivity index (χ4n) is 2.00. The third-order valence-corrected chi connectivity index (χ3v) is 4.63. The van der Waals surface area contributed by atoms with Gasteiger partial charge in [-0.15, -0.1) is 11.3 Å². The van der Waals surface area contributed by atoms with E-state index >= 15 is 0 Å². The molecule has 1 fully saturated rings. The largest absolute Gasteiger partial charge is 0.338 e. The van der Waals surface area contributed by atoms with E-state index in [4.69, 9.17) is 28.9 Å². The van der Waals surface area contributed by atoms with Crippen molar-refractivity contribution in [3.8, 4) is 0 Å². The van der Waals surface area contributed by atoms with Crippen molar-refractivity contribution in [1.29, 1.82) is 0 Å². The Kier molecular flexibility index (Phi) is 3.98. The Morgan fingerprint density at radius 1 is 1.59 bits per heavy atom. The Morgan fingerprint density at radius 2 is 2.29 bits per heavy atom. The van der Waals surface area contributed by atoms with E-state index in [-0.39, 0.29) is 11.9 Å². The topological polar surface area (TPSA) is 46.3 Å². The third-order valence-electron chi connectivity index (χ3n) is 3.15. The van der Waals surface area contributed by atoms with Crippen molar-refractivity contribution in [2.24, 2.45) is 11.7 Å². The summed E-state index contributed by atoms with van der Waals surface area (Å²) in [7, 11) is 0. The number of carbonyl (C=O) groups excluding carboxylic acids is 1. The molecule has 1 aromatic heterocycles. The molecule has 3 nitrogen and oxygen atoms in total. The molecule has 6 heteroatoms. The molecule has 2 atom stereocenters. The number of thiophene rings is 1. The van der Waals surface area contributed by atoms with Gasteiger partial charge in [-0.1, -0.05) is 30.1 Å². The lowest BCUT2D eigenvalue weighted by molar-refractivity contribution is 0.0665. The molecule has 1 aliphatic rings. The summed E-state index contributed by atoms with van der Waals surface area (Å²) in [4.78, 5) is 14.0. The van der Waals surface area contributed by atoms with Gasteiger partial charge < -0.3 is 10.6 Å². The van der Waals surface area contributed by atoms with E-state index < -0.39 is 0 Å². The smallest absolute Gasteiger partial charge is 0.256 e. The highest BCUT2D eigenvalue weighted by Crippen LogP contribution is 2.32. The molecule has 1 aliphatic heterocycles. The first-order chi connectivity index (χ1) is 7.99. The van der Waals surface area contributed by atoms with Gasteiger partial charge in [0.25, 0.3) is 5.91 Å². The molecule has 2 rings (SSSR count). The van der Waals surface area contributed by atoms with Crippen LogP contribution in [0.5, 0.6) is 0 Å². The van der Waals surface area contributed by atoms with E-state index in [0.717, 1.165) is 6.42 Å². The molecule has 0 spiro atoms. The minimum Gasteiger partial charge on any atom is -0.338 e. The second kappa shape index (κ2) is 5.14. The number of hydrogen-bond acceptors (Lipinski definition) is 3. The molecular weight excluding hydrogens is 279 g/mol. The Labute approximate surface area is 114 Å². The standard InChI is InChI=1S/C11H14Cl2N2OS/c1-6-5-15(3-2-8(6)14)11(16)7-4-9(12)17-10(7)13/h4,6,8H,2-3,5,14H2,1H3. The molecular formula is C11H14Cl2N2OS. The van der Waals surface area contributed by atoms with Gasteiger partial charge in [-0.2, -0.15) is 0 Å².